The number of aryl methyl sites for hydroxylation is 2. The molecule has 2 aromatic rings. The van der Waals surface area contributed by atoms with Crippen molar-refractivity contribution in [3.63, 3.8) is 0 Å². The highest BCUT2D eigenvalue weighted by Gasteiger charge is 2.14. The molecule has 0 saturated carbocycles. The van der Waals surface area contributed by atoms with E-state index in [1.54, 1.807) is 25.3 Å². The Hall–Kier alpha value is -2.20. The van der Waals surface area contributed by atoms with Crippen LogP contribution in [0.3, 0.4) is 0 Å². The van der Waals surface area contributed by atoms with Gasteiger partial charge in [0, 0.05) is 20.1 Å². The second kappa shape index (κ2) is 8.44. The SMILES string of the molecule is COC(CNC(=O)CCc1ccccc1F)c1ccccc1C. The Balaban J connectivity index is 1.86. The van der Waals surface area contributed by atoms with Gasteiger partial charge in [-0.2, -0.15) is 0 Å². The van der Waals surface area contributed by atoms with Gasteiger partial charge in [0.15, 0.2) is 0 Å². The summed E-state index contributed by atoms with van der Waals surface area (Å²) in [5, 5.41) is 2.86. The minimum absolute atomic E-state index is 0.108. The summed E-state index contributed by atoms with van der Waals surface area (Å²) in [5.74, 6) is -0.376. The van der Waals surface area contributed by atoms with E-state index in [-0.39, 0.29) is 24.2 Å². The molecule has 0 aliphatic carbocycles. The first-order valence-electron chi connectivity index (χ1n) is 7.70. The molecule has 0 aromatic heterocycles. The molecular weight excluding hydrogens is 293 g/mol. The lowest BCUT2D eigenvalue weighted by Crippen LogP contribution is -2.29. The molecule has 0 bridgehead atoms. The number of amides is 1. The van der Waals surface area contributed by atoms with E-state index in [1.807, 2.05) is 31.2 Å². The summed E-state index contributed by atoms with van der Waals surface area (Å²) in [4.78, 5) is 12.0. The van der Waals surface area contributed by atoms with Gasteiger partial charge in [0.2, 0.25) is 5.91 Å². The number of methoxy groups -OCH3 is 1. The van der Waals surface area contributed by atoms with Crippen LogP contribution in [0.2, 0.25) is 0 Å². The average molecular weight is 315 g/mol. The largest absolute Gasteiger partial charge is 0.375 e. The highest BCUT2D eigenvalue weighted by atomic mass is 19.1. The number of benzene rings is 2. The third-order valence-corrected chi connectivity index (χ3v) is 3.88. The van der Waals surface area contributed by atoms with E-state index < -0.39 is 0 Å². The van der Waals surface area contributed by atoms with E-state index >= 15 is 0 Å². The van der Waals surface area contributed by atoms with Gasteiger partial charge < -0.3 is 10.1 Å². The summed E-state index contributed by atoms with van der Waals surface area (Å²) in [7, 11) is 1.63. The minimum atomic E-state index is -0.269. The van der Waals surface area contributed by atoms with E-state index in [2.05, 4.69) is 5.32 Å². The summed E-state index contributed by atoms with van der Waals surface area (Å²) < 4.78 is 19.0. The monoisotopic (exact) mass is 315 g/mol. The quantitative estimate of drug-likeness (QED) is 0.848. The van der Waals surface area contributed by atoms with Crippen LogP contribution >= 0.6 is 0 Å². The Morgan fingerprint density at radius 2 is 1.87 bits per heavy atom. The average Bonchev–Trinajstić information content (AvgIpc) is 2.56. The molecule has 1 unspecified atom stereocenters. The zero-order valence-corrected chi connectivity index (χ0v) is 13.5. The molecular formula is C19H22FNO2. The normalized spacial score (nSPS) is 12.0. The summed E-state index contributed by atoms with van der Waals surface area (Å²) >= 11 is 0. The second-order valence-corrected chi connectivity index (χ2v) is 5.48. The van der Waals surface area contributed by atoms with Crippen molar-refractivity contribution in [3.05, 3.63) is 71.0 Å². The van der Waals surface area contributed by atoms with E-state index in [1.165, 1.54) is 6.07 Å². The number of rotatable bonds is 7. The molecule has 1 amide bonds. The van der Waals surface area contributed by atoms with Crippen LogP contribution in [-0.2, 0) is 16.0 Å². The maximum Gasteiger partial charge on any atom is 0.220 e. The molecule has 3 nitrogen and oxygen atoms in total. The molecule has 0 spiro atoms. The zero-order valence-electron chi connectivity index (χ0n) is 13.5. The molecule has 0 aliphatic rings. The maximum atomic E-state index is 13.5. The fourth-order valence-corrected chi connectivity index (χ4v) is 2.51. The predicted octanol–water partition coefficient (Wildman–Crippen LogP) is 3.57. The molecule has 0 radical (unpaired) electrons. The van der Waals surface area contributed by atoms with Gasteiger partial charge in [-0.25, -0.2) is 4.39 Å². The van der Waals surface area contributed by atoms with Crippen LogP contribution in [-0.4, -0.2) is 19.6 Å². The minimum Gasteiger partial charge on any atom is -0.375 e. The van der Waals surface area contributed by atoms with Crippen LogP contribution in [0.4, 0.5) is 4.39 Å². The van der Waals surface area contributed by atoms with Crippen molar-refractivity contribution in [1.82, 2.24) is 5.32 Å². The van der Waals surface area contributed by atoms with Crippen LogP contribution in [0.15, 0.2) is 48.5 Å². The van der Waals surface area contributed by atoms with E-state index in [0.717, 1.165) is 11.1 Å². The molecule has 2 aromatic carbocycles. The van der Waals surface area contributed by atoms with Crippen molar-refractivity contribution in [2.24, 2.45) is 0 Å². The Morgan fingerprint density at radius 3 is 2.57 bits per heavy atom. The van der Waals surface area contributed by atoms with Gasteiger partial charge in [-0.15, -0.1) is 0 Å². The molecule has 1 N–H and O–H groups in total. The van der Waals surface area contributed by atoms with Crippen molar-refractivity contribution in [1.29, 1.82) is 0 Å². The van der Waals surface area contributed by atoms with Gasteiger partial charge in [-0.05, 0) is 36.1 Å². The number of hydrogen-bond acceptors (Lipinski definition) is 2. The molecule has 23 heavy (non-hydrogen) atoms. The molecule has 0 fully saturated rings. The lowest BCUT2D eigenvalue weighted by molar-refractivity contribution is -0.121. The Labute approximate surface area is 136 Å². The topological polar surface area (TPSA) is 38.3 Å². The zero-order chi connectivity index (χ0) is 16.7. The molecule has 1 atom stereocenters. The molecule has 0 heterocycles. The van der Waals surface area contributed by atoms with Gasteiger partial charge in [0.05, 0.1) is 6.10 Å². The van der Waals surface area contributed by atoms with Crippen LogP contribution < -0.4 is 5.32 Å². The third-order valence-electron chi connectivity index (χ3n) is 3.88. The molecule has 4 heteroatoms. The summed E-state index contributed by atoms with van der Waals surface area (Å²) in [6.45, 7) is 2.42. The van der Waals surface area contributed by atoms with Crippen LogP contribution in [0, 0.1) is 12.7 Å². The van der Waals surface area contributed by atoms with E-state index in [4.69, 9.17) is 4.74 Å². The van der Waals surface area contributed by atoms with Crippen molar-refractivity contribution in [2.45, 2.75) is 25.9 Å². The first-order valence-corrected chi connectivity index (χ1v) is 7.70. The lowest BCUT2D eigenvalue weighted by Gasteiger charge is -2.18. The first-order chi connectivity index (χ1) is 11.1. The van der Waals surface area contributed by atoms with E-state index in [0.29, 0.717) is 18.5 Å². The van der Waals surface area contributed by atoms with Crippen molar-refractivity contribution < 1.29 is 13.9 Å². The van der Waals surface area contributed by atoms with Gasteiger partial charge in [-0.1, -0.05) is 42.5 Å². The number of ether oxygens (including phenoxy) is 1. The van der Waals surface area contributed by atoms with Gasteiger partial charge in [0.25, 0.3) is 0 Å². The fourth-order valence-electron chi connectivity index (χ4n) is 2.51. The summed E-state index contributed by atoms with van der Waals surface area (Å²) in [6.07, 6.45) is 0.458. The van der Waals surface area contributed by atoms with Crippen molar-refractivity contribution >= 4 is 5.91 Å². The van der Waals surface area contributed by atoms with Gasteiger partial charge in [-0.3, -0.25) is 4.79 Å². The molecule has 0 aliphatic heterocycles. The number of hydrogen-bond donors (Lipinski definition) is 1. The Bertz CT molecular complexity index is 657. The number of carbonyl (C=O) groups is 1. The molecule has 2 rings (SSSR count). The predicted molar refractivity (Wildman–Crippen MR) is 88.7 cm³/mol. The number of nitrogens with one attached hydrogen (secondary N) is 1. The Kier molecular flexibility index (Phi) is 6.29. The van der Waals surface area contributed by atoms with Gasteiger partial charge >= 0.3 is 0 Å². The Morgan fingerprint density at radius 1 is 1.17 bits per heavy atom. The smallest absolute Gasteiger partial charge is 0.220 e. The second-order valence-electron chi connectivity index (χ2n) is 5.48. The van der Waals surface area contributed by atoms with Crippen molar-refractivity contribution in [2.75, 3.05) is 13.7 Å². The van der Waals surface area contributed by atoms with E-state index in [9.17, 15) is 9.18 Å². The van der Waals surface area contributed by atoms with Crippen LogP contribution in [0.25, 0.3) is 0 Å². The summed E-state index contributed by atoms with van der Waals surface area (Å²) in [5.41, 5.74) is 2.74. The first kappa shape index (κ1) is 17.2. The standard InChI is InChI=1S/C19H22FNO2/c1-14-7-3-5-9-16(14)18(23-2)13-21-19(22)12-11-15-8-4-6-10-17(15)20/h3-10,18H,11-13H2,1-2H3,(H,21,22). The molecule has 122 valence electrons. The molecule has 0 saturated heterocycles. The maximum absolute atomic E-state index is 13.5. The third kappa shape index (κ3) is 4.89. The lowest BCUT2D eigenvalue weighted by atomic mass is 10.0. The van der Waals surface area contributed by atoms with Crippen LogP contribution in [0.5, 0.6) is 0 Å². The van der Waals surface area contributed by atoms with Crippen molar-refractivity contribution in [3.8, 4) is 0 Å². The number of halogens is 1. The fraction of sp³-hybridized carbons (Fsp3) is 0.316. The highest BCUT2D eigenvalue weighted by Crippen LogP contribution is 2.19. The van der Waals surface area contributed by atoms with Crippen LogP contribution in [0.1, 0.15) is 29.2 Å². The van der Waals surface area contributed by atoms with Gasteiger partial charge in [0.1, 0.15) is 5.82 Å². The number of carbonyl (C=O) groups excluding carboxylic acids is 1. The highest BCUT2D eigenvalue weighted by molar-refractivity contribution is 5.76. The summed E-state index contributed by atoms with van der Waals surface area (Å²) in [6, 6.07) is 14.5.